The van der Waals surface area contributed by atoms with Crippen LogP contribution in [-0.2, 0) is 4.74 Å². The average molecular weight is 159 g/mol. The van der Waals surface area contributed by atoms with Gasteiger partial charge < -0.3 is 14.7 Å². The molecule has 1 heterocycles. The summed E-state index contributed by atoms with van der Waals surface area (Å²) < 4.78 is 4.50. The Morgan fingerprint density at radius 3 is 2.64 bits per heavy atom. The molecular formula is C7H13NO3. The monoisotopic (exact) mass is 159 g/mol. The second-order valence-electron chi connectivity index (χ2n) is 3.29. The van der Waals surface area contributed by atoms with Crippen LogP contribution in [-0.4, -0.2) is 42.9 Å². The van der Waals surface area contributed by atoms with Gasteiger partial charge in [-0.1, -0.05) is 6.92 Å². The first kappa shape index (κ1) is 8.33. The molecule has 1 aliphatic heterocycles. The molecule has 64 valence electrons. The molecule has 0 bridgehead atoms. The predicted molar refractivity (Wildman–Crippen MR) is 39.2 cm³/mol. The van der Waals surface area contributed by atoms with Crippen LogP contribution in [0.2, 0.25) is 0 Å². The summed E-state index contributed by atoms with van der Waals surface area (Å²) in [7, 11) is 1.36. The Hall–Kier alpha value is -0.770. The van der Waals surface area contributed by atoms with Gasteiger partial charge in [-0.2, -0.15) is 0 Å². The third-order valence-electron chi connectivity index (χ3n) is 1.96. The predicted octanol–water partition coefficient (Wildman–Crippen LogP) is 0.0670. The van der Waals surface area contributed by atoms with Crippen LogP contribution in [0.25, 0.3) is 0 Å². The number of aliphatic hydroxyl groups excluding tert-OH is 1. The molecule has 0 spiro atoms. The molecule has 0 radical (unpaired) electrons. The number of likely N-dealkylation sites (tertiary alicyclic amines) is 1. The number of ether oxygens (including phenoxy) is 1. The summed E-state index contributed by atoms with van der Waals surface area (Å²) in [6.07, 6.45) is -0.309. The van der Waals surface area contributed by atoms with E-state index < -0.39 is 0 Å². The van der Waals surface area contributed by atoms with Gasteiger partial charge in [-0.15, -0.1) is 0 Å². The number of amides is 1. The summed E-state index contributed by atoms with van der Waals surface area (Å²) in [5.41, 5.74) is -0.103. The Labute approximate surface area is 65.8 Å². The molecule has 1 amide bonds. The van der Waals surface area contributed by atoms with Crippen LogP contribution >= 0.6 is 0 Å². The number of rotatable bonds is 1. The van der Waals surface area contributed by atoms with E-state index in [-0.39, 0.29) is 18.1 Å². The molecular weight excluding hydrogens is 146 g/mol. The van der Waals surface area contributed by atoms with Gasteiger partial charge in [-0.05, 0) is 0 Å². The van der Waals surface area contributed by atoms with Crippen molar-refractivity contribution in [2.75, 3.05) is 26.8 Å². The zero-order valence-corrected chi connectivity index (χ0v) is 6.83. The van der Waals surface area contributed by atoms with Crippen molar-refractivity contribution in [1.29, 1.82) is 0 Å². The average Bonchev–Trinajstić information content (AvgIpc) is 1.97. The molecule has 0 aliphatic carbocycles. The van der Waals surface area contributed by atoms with Gasteiger partial charge in [0.15, 0.2) is 0 Å². The highest BCUT2D eigenvalue weighted by Gasteiger charge is 2.41. The van der Waals surface area contributed by atoms with Crippen molar-refractivity contribution >= 4 is 6.09 Å². The van der Waals surface area contributed by atoms with E-state index in [4.69, 9.17) is 5.11 Å². The molecule has 0 aromatic rings. The lowest BCUT2D eigenvalue weighted by molar-refractivity contribution is -0.0198. The van der Waals surface area contributed by atoms with E-state index >= 15 is 0 Å². The normalized spacial score (nSPS) is 20.8. The molecule has 0 saturated carbocycles. The van der Waals surface area contributed by atoms with Gasteiger partial charge in [-0.25, -0.2) is 4.79 Å². The number of carbonyl (C=O) groups excluding carboxylic acids is 1. The fraction of sp³-hybridized carbons (Fsp3) is 0.857. The van der Waals surface area contributed by atoms with Gasteiger partial charge >= 0.3 is 6.09 Å². The van der Waals surface area contributed by atoms with E-state index in [0.717, 1.165) is 0 Å². The van der Waals surface area contributed by atoms with Crippen LogP contribution in [0.4, 0.5) is 4.79 Å². The Bertz CT molecular complexity index is 163. The highest BCUT2D eigenvalue weighted by molar-refractivity contribution is 5.68. The van der Waals surface area contributed by atoms with Crippen molar-refractivity contribution in [2.45, 2.75) is 6.92 Å². The molecule has 1 fully saturated rings. The SMILES string of the molecule is COC(=O)N1CC(C)(CO)C1. The van der Waals surface area contributed by atoms with Gasteiger partial charge in [-0.3, -0.25) is 0 Å². The van der Waals surface area contributed by atoms with E-state index in [2.05, 4.69) is 4.74 Å². The second-order valence-corrected chi connectivity index (χ2v) is 3.29. The van der Waals surface area contributed by atoms with Crippen molar-refractivity contribution in [3.63, 3.8) is 0 Å². The second kappa shape index (κ2) is 2.70. The fourth-order valence-electron chi connectivity index (χ4n) is 1.23. The van der Waals surface area contributed by atoms with Crippen molar-refractivity contribution < 1.29 is 14.6 Å². The molecule has 0 unspecified atom stereocenters. The maximum Gasteiger partial charge on any atom is 0.409 e. The summed E-state index contributed by atoms with van der Waals surface area (Å²) >= 11 is 0. The number of methoxy groups -OCH3 is 1. The van der Waals surface area contributed by atoms with E-state index in [0.29, 0.717) is 13.1 Å². The number of hydrogen-bond donors (Lipinski definition) is 1. The van der Waals surface area contributed by atoms with Crippen molar-refractivity contribution in [3.8, 4) is 0 Å². The third-order valence-corrected chi connectivity index (χ3v) is 1.96. The Balaban J connectivity index is 2.34. The van der Waals surface area contributed by atoms with Crippen LogP contribution in [0.5, 0.6) is 0 Å². The molecule has 4 nitrogen and oxygen atoms in total. The topological polar surface area (TPSA) is 49.8 Å². The number of aliphatic hydroxyl groups is 1. The zero-order valence-electron chi connectivity index (χ0n) is 6.83. The largest absolute Gasteiger partial charge is 0.453 e. The molecule has 0 aromatic heterocycles. The third kappa shape index (κ3) is 1.45. The quantitative estimate of drug-likeness (QED) is 0.589. The highest BCUT2D eigenvalue weighted by atomic mass is 16.5. The van der Waals surface area contributed by atoms with Gasteiger partial charge in [0.25, 0.3) is 0 Å². The van der Waals surface area contributed by atoms with Gasteiger partial charge in [0.1, 0.15) is 0 Å². The molecule has 11 heavy (non-hydrogen) atoms. The maximum atomic E-state index is 10.8. The van der Waals surface area contributed by atoms with E-state index in [1.54, 1.807) is 4.90 Å². The van der Waals surface area contributed by atoms with Crippen molar-refractivity contribution in [2.24, 2.45) is 5.41 Å². The summed E-state index contributed by atoms with van der Waals surface area (Å²) in [4.78, 5) is 12.4. The Kier molecular flexibility index (Phi) is 2.04. The Morgan fingerprint density at radius 1 is 1.73 bits per heavy atom. The minimum atomic E-state index is -0.309. The first-order chi connectivity index (χ1) is 5.11. The summed E-state index contributed by atoms with van der Waals surface area (Å²) in [5.74, 6) is 0. The van der Waals surface area contributed by atoms with Crippen LogP contribution in [0, 0.1) is 5.41 Å². The van der Waals surface area contributed by atoms with Crippen molar-refractivity contribution in [1.82, 2.24) is 4.90 Å². The van der Waals surface area contributed by atoms with Crippen LogP contribution < -0.4 is 0 Å². The molecule has 1 rings (SSSR count). The number of hydrogen-bond acceptors (Lipinski definition) is 3. The van der Waals surface area contributed by atoms with E-state index in [1.165, 1.54) is 7.11 Å². The van der Waals surface area contributed by atoms with Gasteiger partial charge in [0.2, 0.25) is 0 Å². The summed E-state index contributed by atoms with van der Waals surface area (Å²) in [6, 6.07) is 0. The van der Waals surface area contributed by atoms with Crippen LogP contribution in [0.1, 0.15) is 6.92 Å². The zero-order chi connectivity index (χ0) is 8.48. The highest BCUT2D eigenvalue weighted by Crippen LogP contribution is 2.28. The standard InChI is InChI=1S/C7H13NO3/c1-7(5-9)3-8(4-7)6(10)11-2/h9H,3-5H2,1-2H3. The van der Waals surface area contributed by atoms with E-state index in [1.807, 2.05) is 6.92 Å². The smallest absolute Gasteiger partial charge is 0.409 e. The lowest BCUT2D eigenvalue weighted by Gasteiger charge is -2.45. The first-order valence-electron chi connectivity index (χ1n) is 3.55. The molecule has 0 atom stereocenters. The van der Waals surface area contributed by atoms with E-state index in [9.17, 15) is 4.79 Å². The molecule has 1 saturated heterocycles. The molecule has 4 heteroatoms. The maximum absolute atomic E-state index is 10.8. The molecule has 1 N–H and O–H groups in total. The number of nitrogens with zero attached hydrogens (tertiary/aromatic N) is 1. The minimum Gasteiger partial charge on any atom is -0.453 e. The fourth-order valence-corrected chi connectivity index (χ4v) is 1.23. The van der Waals surface area contributed by atoms with Gasteiger partial charge in [0.05, 0.1) is 13.7 Å². The summed E-state index contributed by atoms with van der Waals surface area (Å²) in [6.45, 7) is 3.25. The minimum absolute atomic E-state index is 0.103. The lowest BCUT2D eigenvalue weighted by atomic mass is 9.83. The van der Waals surface area contributed by atoms with Crippen LogP contribution in [0.15, 0.2) is 0 Å². The van der Waals surface area contributed by atoms with Crippen LogP contribution in [0.3, 0.4) is 0 Å². The Morgan fingerprint density at radius 2 is 2.27 bits per heavy atom. The van der Waals surface area contributed by atoms with Gasteiger partial charge in [0, 0.05) is 18.5 Å². The lowest BCUT2D eigenvalue weighted by Crippen LogP contribution is -2.58. The first-order valence-corrected chi connectivity index (χ1v) is 3.55. The number of carbonyl (C=O) groups is 1. The van der Waals surface area contributed by atoms with Crippen molar-refractivity contribution in [3.05, 3.63) is 0 Å². The summed E-state index contributed by atoms with van der Waals surface area (Å²) in [5, 5.41) is 8.84. The molecule has 0 aromatic carbocycles. The molecule has 1 aliphatic rings.